The molecule has 0 spiro atoms. The Hall–Kier alpha value is -4.03. The van der Waals surface area contributed by atoms with Gasteiger partial charge in [-0.05, 0) is 74.9 Å². The summed E-state index contributed by atoms with van der Waals surface area (Å²) >= 11 is 0. The van der Waals surface area contributed by atoms with Gasteiger partial charge in [0.15, 0.2) is 6.10 Å². The van der Waals surface area contributed by atoms with Crippen LogP contribution in [-0.4, -0.2) is 140 Å². The van der Waals surface area contributed by atoms with E-state index in [9.17, 15) is 14.4 Å². The van der Waals surface area contributed by atoms with Crippen molar-refractivity contribution in [3.8, 4) is 5.75 Å². The molecule has 0 bridgehead atoms. The Morgan fingerprint density at radius 2 is 1.63 bits per heavy atom. The van der Waals surface area contributed by atoms with Gasteiger partial charge in [0.25, 0.3) is 5.91 Å². The summed E-state index contributed by atoms with van der Waals surface area (Å²) in [4.78, 5) is 51.4. The fourth-order valence-corrected chi connectivity index (χ4v) is 8.15. The van der Waals surface area contributed by atoms with Crippen LogP contribution in [0, 0.1) is 6.92 Å². The molecule has 12 heteroatoms. The predicted molar refractivity (Wildman–Crippen MR) is 188 cm³/mol. The third-order valence-electron chi connectivity index (χ3n) is 11.1. The van der Waals surface area contributed by atoms with Crippen molar-refractivity contribution in [3.05, 3.63) is 53.1 Å². The third-order valence-corrected chi connectivity index (χ3v) is 11.1. The maximum atomic E-state index is 14.2. The van der Waals surface area contributed by atoms with Crippen molar-refractivity contribution >= 4 is 29.4 Å². The van der Waals surface area contributed by atoms with Gasteiger partial charge in [0.2, 0.25) is 0 Å². The van der Waals surface area contributed by atoms with E-state index in [1.807, 2.05) is 41.0 Å². The van der Waals surface area contributed by atoms with E-state index < -0.39 is 12.2 Å². The first-order chi connectivity index (χ1) is 23.8. The number of nitrogens with one attached hydrogen (secondary N) is 2. The number of aryl methyl sites for hydroxylation is 1. The van der Waals surface area contributed by atoms with Crippen molar-refractivity contribution in [1.82, 2.24) is 24.5 Å². The van der Waals surface area contributed by atoms with Gasteiger partial charge >= 0.3 is 12.1 Å². The minimum atomic E-state index is -0.936. The monoisotopic (exact) mass is 673 g/mol. The van der Waals surface area contributed by atoms with Crippen LogP contribution in [-0.2, 0) is 22.4 Å². The van der Waals surface area contributed by atoms with Gasteiger partial charge < -0.3 is 39.7 Å². The van der Waals surface area contributed by atoms with Crippen LogP contribution in [0.2, 0.25) is 0 Å². The number of likely N-dealkylation sites (tertiary alicyclic amines) is 2. The molecule has 0 aliphatic carbocycles. The van der Waals surface area contributed by atoms with Crippen LogP contribution in [0.4, 0.5) is 21.0 Å². The van der Waals surface area contributed by atoms with Crippen molar-refractivity contribution < 1.29 is 23.9 Å². The first-order valence-corrected chi connectivity index (χ1v) is 18.1. The number of piperidine rings is 2. The number of hydrogen-bond acceptors (Lipinski definition) is 8. The van der Waals surface area contributed by atoms with Gasteiger partial charge in [-0.25, -0.2) is 9.59 Å². The van der Waals surface area contributed by atoms with Crippen molar-refractivity contribution in [1.29, 1.82) is 0 Å². The quantitative estimate of drug-likeness (QED) is 0.479. The molecular formula is C37H51N7O5. The van der Waals surface area contributed by atoms with E-state index in [4.69, 9.17) is 9.47 Å². The van der Waals surface area contributed by atoms with Gasteiger partial charge in [0.1, 0.15) is 12.4 Å². The fraction of sp³-hybridized carbons (Fsp3) is 0.595. The summed E-state index contributed by atoms with van der Waals surface area (Å²) in [6, 6.07) is 12.4. The van der Waals surface area contributed by atoms with Crippen LogP contribution in [0.25, 0.3) is 0 Å². The molecule has 2 aromatic rings. The van der Waals surface area contributed by atoms with Crippen molar-refractivity contribution in [2.45, 2.75) is 63.6 Å². The van der Waals surface area contributed by atoms with Crippen LogP contribution < -0.4 is 15.4 Å². The number of ether oxygens (including phenoxy) is 2. The molecule has 5 aliphatic heterocycles. The van der Waals surface area contributed by atoms with Gasteiger partial charge in [-0.3, -0.25) is 9.69 Å². The Labute approximate surface area is 289 Å². The summed E-state index contributed by atoms with van der Waals surface area (Å²) in [6.07, 6.45) is 2.84. The lowest BCUT2D eigenvalue weighted by atomic mass is 9.99. The molecule has 3 fully saturated rings. The van der Waals surface area contributed by atoms with Crippen LogP contribution in [0.15, 0.2) is 36.4 Å². The van der Waals surface area contributed by atoms with E-state index in [0.29, 0.717) is 58.2 Å². The van der Waals surface area contributed by atoms with Gasteiger partial charge in [0.05, 0.1) is 5.69 Å². The number of urea groups is 1. The highest BCUT2D eigenvalue weighted by atomic mass is 16.6. The average Bonchev–Trinajstić information content (AvgIpc) is 3.29. The van der Waals surface area contributed by atoms with Gasteiger partial charge in [-0.2, -0.15) is 0 Å². The molecule has 3 saturated heterocycles. The summed E-state index contributed by atoms with van der Waals surface area (Å²) in [6.45, 7) is 10.5. The number of fused-ring (bicyclic) bond motifs is 2. The lowest BCUT2D eigenvalue weighted by molar-refractivity contribution is -0.142. The fourth-order valence-electron chi connectivity index (χ4n) is 8.15. The maximum absolute atomic E-state index is 14.2. The standard InChI is InChI=1S/C37H51N7O5/c1-26-23-27(24-32-34(26)38-12-22-48-32)25-33(35(45)42-13-8-29(9-14-42)41-20-18-40(2)19-21-41)49-37(47)43-15-10-30(11-16-43)44-17-7-28-5-3-4-6-31(28)39-36(44)46/h3-6,23-24,29-30,33,38H,7-22,25H2,1-2H3,(H,39,46)/t33-/m1/s1. The van der Waals surface area contributed by atoms with E-state index in [2.05, 4.69) is 39.6 Å². The number of nitrogens with zero attached hydrogens (tertiary/aromatic N) is 5. The summed E-state index contributed by atoms with van der Waals surface area (Å²) in [5.41, 5.74) is 4.93. The van der Waals surface area contributed by atoms with Crippen LogP contribution >= 0.6 is 0 Å². The maximum Gasteiger partial charge on any atom is 0.410 e. The molecule has 0 aromatic heterocycles. The van der Waals surface area contributed by atoms with Gasteiger partial charge in [-0.1, -0.05) is 24.3 Å². The lowest BCUT2D eigenvalue weighted by Gasteiger charge is -2.42. The molecule has 2 N–H and O–H groups in total. The molecule has 2 aromatic carbocycles. The molecule has 7 rings (SSSR count). The Morgan fingerprint density at radius 3 is 2.41 bits per heavy atom. The largest absolute Gasteiger partial charge is 0.490 e. The minimum absolute atomic E-state index is 0.0319. The average molecular weight is 674 g/mol. The molecular weight excluding hydrogens is 622 g/mol. The zero-order chi connectivity index (χ0) is 33.9. The normalized spacial score (nSPS) is 21.8. The zero-order valence-electron chi connectivity index (χ0n) is 29.0. The van der Waals surface area contributed by atoms with Crippen LogP contribution in [0.3, 0.4) is 0 Å². The second-order valence-electron chi connectivity index (χ2n) is 14.3. The number of amides is 4. The molecule has 0 saturated carbocycles. The van der Waals surface area contributed by atoms with Crippen LogP contribution in [0.5, 0.6) is 5.75 Å². The number of anilines is 2. The topological polar surface area (TPSA) is 110 Å². The highest BCUT2D eigenvalue weighted by Gasteiger charge is 2.36. The molecule has 0 unspecified atom stereocenters. The number of carbonyl (C=O) groups is 3. The number of benzene rings is 2. The molecule has 12 nitrogen and oxygen atoms in total. The van der Waals surface area contributed by atoms with Crippen molar-refractivity contribution in [3.63, 3.8) is 0 Å². The first-order valence-electron chi connectivity index (χ1n) is 18.1. The second-order valence-corrected chi connectivity index (χ2v) is 14.3. The molecule has 5 aliphatic rings. The highest BCUT2D eigenvalue weighted by molar-refractivity contribution is 5.91. The Bertz CT molecular complexity index is 1510. The van der Waals surface area contributed by atoms with E-state index in [1.54, 1.807) is 4.90 Å². The number of carbonyl (C=O) groups excluding carboxylic acids is 3. The molecule has 4 amide bonds. The van der Waals surface area contributed by atoms with Gasteiger partial charge in [0, 0.05) is 89.6 Å². The summed E-state index contributed by atoms with van der Waals surface area (Å²) in [5.74, 6) is 0.643. The summed E-state index contributed by atoms with van der Waals surface area (Å²) in [7, 11) is 2.17. The molecule has 49 heavy (non-hydrogen) atoms. The first kappa shape index (κ1) is 33.5. The molecule has 5 heterocycles. The minimum Gasteiger partial charge on any atom is -0.490 e. The highest BCUT2D eigenvalue weighted by Crippen LogP contribution is 2.33. The molecule has 0 radical (unpaired) electrons. The molecule has 1 atom stereocenters. The van der Waals surface area contributed by atoms with E-state index in [0.717, 1.165) is 85.8 Å². The number of hydrogen-bond donors (Lipinski definition) is 2. The molecule has 264 valence electrons. The Morgan fingerprint density at radius 1 is 0.918 bits per heavy atom. The van der Waals surface area contributed by atoms with Gasteiger partial charge in [-0.15, -0.1) is 0 Å². The van der Waals surface area contributed by atoms with Crippen molar-refractivity contribution in [2.75, 3.05) is 89.7 Å². The lowest BCUT2D eigenvalue weighted by Crippen LogP contribution is -2.54. The summed E-state index contributed by atoms with van der Waals surface area (Å²) < 4.78 is 12.1. The van der Waals surface area contributed by atoms with Crippen LogP contribution in [0.1, 0.15) is 42.4 Å². The van der Waals surface area contributed by atoms with E-state index in [1.165, 1.54) is 0 Å². The number of para-hydroxylation sites is 1. The smallest absolute Gasteiger partial charge is 0.410 e. The summed E-state index contributed by atoms with van der Waals surface area (Å²) in [5, 5.41) is 6.47. The SMILES string of the molecule is Cc1cc(C[C@@H](OC(=O)N2CCC(N3CCc4ccccc4NC3=O)CC2)C(=O)N2CCC(N3CCN(C)CC3)CC2)cc2c1NCCO2. The predicted octanol–water partition coefficient (Wildman–Crippen LogP) is 3.64. The zero-order valence-corrected chi connectivity index (χ0v) is 29.0. The number of piperazine rings is 1. The second kappa shape index (κ2) is 14.8. The number of rotatable bonds is 6. The Balaban J connectivity index is 0.998. The van der Waals surface area contributed by atoms with E-state index in [-0.39, 0.29) is 24.4 Å². The number of likely N-dealkylation sites (N-methyl/N-ethyl adjacent to an activating group) is 1. The Kier molecular flexibility index (Phi) is 10.1. The third kappa shape index (κ3) is 7.60. The van der Waals surface area contributed by atoms with E-state index >= 15 is 0 Å². The van der Waals surface area contributed by atoms with Crippen molar-refractivity contribution in [2.24, 2.45) is 0 Å².